The molecule has 0 fully saturated rings. The fourth-order valence-corrected chi connectivity index (χ4v) is 5.25. The van der Waals surface area contributed by atoms with Crippen LogP contribution in [0.25, 0.3) is 22.3 Å². The molecule has 0 aliphatic heterocycles. The minimum absolute atomic E-state index is 0.284. The van der Waals surface area contributed by atoms with Crippen LogP contribution >= 0.6 is 0 Å². The van der Waals surface area contributed by atoms with Crippen molar-refractivity contribution in [2.75, 3.05) is 6.61 Å². The van der Waals surface area contributed by atoms with Gasteiger partial charge in [-0.25, -0.2) is 0 Å². The van der Waals surface area contributed by atoms with E-state index in [0.717, 1.165) is 38.0 Å². The first-order valence-electron chi connectivity index (χ1n) is 14.1. The van der Waals surface area contributed by atoms with Crippen LogP contribution in [0.15, 0.2) is 60.7 Å². The van der Waals surface area contributed by atoms with Crippen LogP contribution in [0.4, 0.5) is 0 Å². The van der Waals surface area contributed by atoms with Gasteiger partial charge in [0.1, 0.15) is 0 Å². The molecule has 3 aromatic carbocycles. The third kappa shape index (κ3) is 7.55. The van der Waals surface area contributed by atoms with Crippen LogP contribution in [0.3, 0.4) is 0 Å². The first-order chi connectivity index (χ1) is 17.1. The smallest absolute Gasteiger partial charge is 0.0431 e. The number of hydrogen-bond acceptors (Lipinski definition) is 1. The van der Waals surface area contributed by atoms with E-state index in [1.54, 1.807) is 0 Å². The highest BCUT2D eigenvalue weighted by atomic mass is 16.2. The van der Waals surface area contributed by atoms with Crippen LogP contribution < -0.4 is 0 Å². The average molecular weight is 471 g/mol. The lowest BCUT2D eigenvalue weighted by molar-refractivity contribution is 0.284. The Morgan fingerprint density at radius 1 is 0.657 bits per heavy atom. The maximum Gasteiger partial charge on any atom is 0.0431 e. The van der Waals surface area contributed by atoms with Crippen molar-refractivity contribution < 1.29 is 5.11 Å². The zero-order valence-corrected chi connectivity index (χ0v) is 22.6. The second-order valence-corrected chi connectivity index (χ2v) is 10.1. The summed E-state index contributed by atoms with van der Waals surface area (Å²) in [6.45, 7) is 9.42. The number of hydrogen-bond donors (Lipinski definition) is 1. The molecule has 0 bridgehead atoms. The minimum atomic E-state index is 0.284. The van der Waals surface area contributed by atoms with Gasteiger partial charge in [0.2, 0.25) is 0 Å². The van der Waals surface area contributed by atoms with Crippen LogP contribution in [0.2, 0.25) is 0 Å². The third-order valence-electron chi connectivity index (χ3n) is 7.55. The van der Waals surface area contributed by atoms with Crippen molar-refractivity contribution in [1.29, 1.82) is 0 Å². The molecule has 188 valence electrons. The van der Waals surface area contributed by atoms with Crippen molar-refractivity contribution in [1.82, 2.24) is 0 Å². The van der Waals surface area contributed by atoms with Gasteiger partial charge in [0.25, 0.3) is 0 Å². The van der Waals surface area contributed by atoms with Gasteiger partial charge in [-0.2, -0.15) is 0 Å². The van der Waals surface area contributed by atoms with Gasteiger partial charge in [-0.3, -0.25) is 0 Å². The Labute approximate surface area is 214 Å². The Balaban J connectivity index is 1.81. The highest BCUT2D eigenvalue weighted by molar-refractivity contribution is 5.75. The lowest BCUT2D eigenvalue weighted by atomic mass is 9.89. The summed E-state index contributed by atoms with van der Waals surface area (Å²) in [5, 5.41) is 9.08. The van der Waals surface area contributed by atoms with Gasteiger partial charge in [0, 0.05) is 6.61 Å². The van der Waals surface area contributed by atoms with Gasteiger partial charge in [0.05, 0.1) is 0 Å². The fourth-order valence-electron chi connectivity index (χ4n) is 5.25. The lowest BCUT2D eigenvalue weighted by Gasteiger charge is -2.16. The molecule has 3 aromatic rings. The summed E-state index contributed by atoms with van der Waals surface area (Å²) >= 11 is 0. The normalized spacial score (nSPS) is 12.1. The summed E-state index contributed by atoms with van der Waals surface area (Å²) in [6.07, 6.45) is 11.5. The van der Waals surface area contributed by atoms with E-state index in [2.05, 4.69) is 88.4 Å². The topological polar surface area (TPSA) is 20.2 Å². The molecule has 0 saturated carbocycles. The number of aliphatic hydroxyl groups is 1. The summed E-state index contributed by atoms with van der Waals surface area (Å²) in [5.41, 5.74) is 11.0. The lowest BCUT2D eigenvalue weighted by Crippen LogP contribution is -2.03. The Bertz CT molecular complexity index is 1030. The molecule has 0 saturated heterocycles. The van der Waals surface area contributed by atoms with E-state index in [1.807, 2.05) is 0 Å². The summed E-state index contributed by atoms with van der Waals surface area (Å²) in [5.74, 6) is 0.806. The third-order valence-corrected chi connectivity index (χ3v) is 7.55. The van der Waals surface area contributed by atoms with Crippen LogP contribution in [-0.2, 0) is 25.7 Å². The van der Waals surface area contributed by atoms with Gasteiger partial charge in [-0.15, -0.1) is 0 Å². The largest absolute Gasteiger partial charge is 0.396 e. The first-order valence-corrected chi connectivity index (χ1v) is 14.1. The molecule has 1 nitrogen and oxygen atoms in total. The molecule has 0 amide bonds. The fraction of sp³-hybridized carbons (Fsp3) is 0.471. The van der Waals surface area contributed by atoms with E-state index >= 15 is 0 Å². The van der Waals surface area contributed by atoms with Gasteiger partial charge < -0.3 is 5.11 Å². The van der Waals surface area contributed by atoms with Gasteiger partial charge in [-0.1, -0.05) is 114 Å². The minimum Gasteiger partial charge on any atom is -0.396 e. The van der Waals surface area contributed by atoms with Crippen molar-refractivity contribution in [2.45, 2.75) is 91.9 Å². The van der Waals surface area contributed by atoms with Crippen LogP contribution in [0.1, 0.15) is 88.5 Å². The van der Waals surface area contributed by atoms with Crippen molar-refractivity contribution in [3.05, 3.63) is 82.9 Å². The van der Waals surface area contributed by atoms with Crippen molar-refractivity contribution in [2.24, 2.45) is 5.92 Å². The van der Waals surface area contributed by atoms with Crippen LogP contribution in [0, 0.1) is 5.92 Å². The molecule has 0 heterocycles. The van der Waals surface area contributed by atoms with Crippen molar-refractivity contribution >= 4 is 0 Å². The number of aliphatic hydroxyl groups excluding tert-OH is 1. The van der Waals surface area contributed by atoms with E-state index in [1.165, 1.54) is 76.6 Å². The van der Waals surface area contributed by atoms with E-state index < -0.39 is 0 Å². The molecule has 1 unspecified atom stereocenters. The number of benzene rings is 3. The molecule has 3 rings (SSSR count). The highest BCUT2D eigenvalue weighted by Crippen LogP contribution is 2.32. The number of unbranched alkanes of at least 4 members (excludes halogenated alkanes) is 2. The second-order valence-electron chi connectivity index (χ2n) is 10.1. The molecule has 1 N–H and O–H groups in total. The molecule has 0 aliphatic rings. The molecule has 1 heteroatoms. The van der Waals surface area contributed by atoms with Crippen molar-refractivity contribution in [3.63, 3.8) is 0 Å². The maximum atomic E-state index is 9.08. The zero-order chi connectivity index (χ0) is 25.0. The molecular weight excluding hydrogens is 424 g/mol. The monoisotopic (exact) mass is 470 g/mol. The summed E-state index contributed by atoms with van der Waals surface area (Å²) in [6, 6.07) is 23.3. The predicted octanol–water partition coefficient (Wildman–Crippen LogP) is 9.22. The standard InChI is InChI=1S/C34H46O/c1-5-9-12-26(6-2)23-28-14-17-31(18-15-28)33-21-19-32(25-30(33)8-4)34-20-16-27(13-10-11-22-35)24-29(34)7-3/h14-21,24-26,35H,5-13,22-23H2,1-4H3. The molecule has 1 atom stereocenters. The molecular formula is C34H46O. The highest BCUT2D eigenvalue weighted by Gasteiger charge is 2.11. The van der Waals surface area contributed by atoms with Crippen LogP contribution in [0.5, 0.6) is 0 Å². The zero-order valence-electron chi connectivity index (χ0n) is 22.6. The van der Waals surface area contributed by atoms with E-state index in [9.17, 15) is 0 Å². The van der Waals surface area contributed by atoms with E-state index in [-0.39, 0.29) is 6.61 Å². The maximum absolute atomic E-state index is 9.08. The molecule has 0 aromatic heterocycles. The Kier molecular flexibility index (Phi) is 11.1. The number of aryl methyl sites for hydroxylation is 3. The Hall–Kier alpha value is -2.38. The Morgan fingerprint density at radius 3 is 1.94 bits per heavy atom. The summed E-state index contributed by atoms with van der Waals surface area (Å²) in [7, 11) is 0. The van der Waals surface area contributed by atoms with Crippen LogP contribution in [-0.4, -0.2) is 11.7 Å². The first kappa shape index (κ1) is 27.2. The molecule has 0 aliphatic carbocycles. The van der Waals surface area contributed by atoms with Gasteiger partial charge >= 0.3 is 0 Å². The molecule has 35 heavy (non-hydrogen) atoms. The predicted molar refractivity (Wildman–Crippen MR) is 153 cm³/mol. The summed E-state index contributed by atoms with van der Waals surface area (Å²) in [4.78, 5) is 0. The molecule has 0 radical (unpaired) electrons. The van der Waals surface area contributed by atoms with Crippen molar-refractivity contribution in [3.8, 4) is 22.3 Å². The number of rotatable bonds is 14. The van der Waals surface area contributed by atoms with E-state index in [4.69, 9.17) is 5.11 Å². The second kappa shape index (κ2) is 14.2. The van der Waals surface area contributed by atoms with E-state index in [0.29, 0.717) is 0 Å². The average Bonchev–Trinajstić information content (AvgIpc) is 2.91. The SMILES string of the molecule is CCCCC(CC)Cc1ccc(-c2ccc(-c3ccc(CCCCO)cc3CC)cc2CC)cc1. The van der Waals surface area contributed by atoms with Gasteiger partial charge in [0.15, 0.2) is 0 Å². The Morgan fingerprint density at radius 2 is 1.29 bits per heavy atom. The molecule has 0 spiro atoms. The quantitative estimate of drug-likeness (QED) is 0.233. The van der Waals surface area contributed by atoms with Gasteiger partial charge in [-0.05, 0) is 89.0 Å². The summed E-state index contributed by atoms with van der Waals surface area (Å²) < 4.78 is 0.